The molecule has 0 aliphatic heterocycles. The zero-order chi connectivity index (χ0) is 11.1. The van der Waals surface area contributed by atoms with Crippen molar-refractivity contribution >= 4 is 15.9 Å². The van der Waals surface area contributed by atoms with Gasteiger partial charge in [0.2, 0.25) is 0 Å². The standard InChI is InChI=1S/C12H18BrNO/c1-10-4-5-11(12(13)8-10)9-14-6-3-7-15-2/h4-5,8,14H,3,6-7,9H2,1-2H3. The van der Waals surface area contributed by atoms with Crippen molar-refractivity contribution in [1.82, 2.24) is 5.32 Å². The van der Waals surface area contributed by atoms with Crippen molar-refractivity contribution in [3.8, 4) is 0 Å². The van der Waals surface area contributed by atoms with Crippen LogP contribution in [0.4, 0.5) is 0 Å². The Morgan fingerprint density at radius 1 is 1.40 bits per heavy atom. The Morgan fingerprint density at radius 2 is 2.20 bits per heavy atom. The molecule has 0 heterocycles. The average molecular weight is 272 g/mol. The van der Waals surface area contributed by atoms with Crippen LogP contribution < -0.4 is 5.32 Å². The lowest BCUT2D eigenvalue weighted by molar-refractivity contribution is 0.194. The summed E-state index contributed by atoms with van der Waals surface area (Å²) in [5, 5.41) is 3.39. The van der Waals surface area contributed by atoms with Gasteiger partial charge in [-0.05, 0) is 37.1 Å². The summed E-state index contributed by atoms with van der Waals surface area (Å²) in [5.41, 5.74) is 2.59. The molecule has 1 N–H and O–H groups in total. The number of aryl methyl sites for hydroxylation is 1. The molecule has 0 fully saturated rings. The van der Waals surface area contributed by atoms with Gasteiger partial charge in [-0.2, -0.15) is 0 Å². The largest absolute Gasteiger partial charge is 0.385 e. The first kappa shape index (κ1) is 12.7. The summed E-state index contributed by atoms with van der Waals surface area (Å²) in [6.07, 6.45) is 1.06. The predicted molar refractivity (Wildman–Crippen MR) is 67.1 cm³/mol. The minimum absolute atomic E-state index is 0.821. The molecule has 0 unspecified atom stereocenters. The highest BCUT2D eigenvalue weighted by molar-refractivity contribution is 9.10. The molecule has 0 radical (unpaired) electrons. The van der Waals surface area contributed by atoms with Gasteiger partial charge in [0.05, 0.1) is 0 Å². The molecular formula is C12H18BrNO. The number of ether oxygens (including phenoxy) is 1. The Hall–Kier alpha value is -0.380. The van der Waals surface area contributed by atoms with Gasteiger partial charge in [-0.3, -0.25) is 0 Å². The molecule has 0 saturated heterocycles. The maximum atomic E-state index is 4.98. The zero-order valence-corrected chi connectivity index (χ0v) is 10.9. The van der Waals surface area contributed by atoms with Crippen molar-refractivity contribution in [2.75, 3.05) is 20.3 Å². The average Bonchev–Trinajstić information content (AvgIpc) is 2.20. The summed E-state index contributed by atoms with van der Waals surface area (Å²) in [5.74, 6) is 0. The molecule has 1 aromatic rings. The zero-order valence-electron chi connectivity index (χ0n) is 9.35. The van der Waals surface area contributed by atoms with E-state index in [4.69, 9.17) is 4.74 Å². The molecule has 84 valence electrons. The van der Waals surface area contributed by atoms with Crippen LogP contribution in [0.5, 0.6) is 0 Å². The molecular weight excluding hydrogens is 254 g/mol. The third-order valence-electron chi connectivity index (χ3n) is 2.23. The number of methoxy groups -OCH3 is 1. The SMILES string of the molecule is COCCCNCc1ccc(C)cc1Br. The first-order chi connectivity index (χ1) is 7.24. The molecule has 1 aromatic carbocycles. The normalized spacial score (nSPS) is 10.6. The van der Waals surface area contributed by atoms with Crippen molar-refractivity contribution < 1.29 is 4.74 Å². The second kappa shape index (κ2) is 6.99. The Kier molecular flexibility index (Phi) is 5.91. The van der Waals surface area contributed by atoms with Gasteiger partial charge in [-0.15, -0.1) is 0 Å². The van der Waals surface area contributed by atoms with Gasteiger partial charge in [0.15, 0.2) is 0 Å². The van der Waals surface area contributed by atoms with Crippen LogP contribution in [0.15, 0.2) is 22.7 Å². The number of rotatable bonds is 6. The van der Waals surface area contributed by atoms with Crippen LogP contribution in [-0.2, 0) is 11.3 Å². The van der Waals surface area contributed by atoms with Crippen LogP contribution in [-0.4, -0.2) is 20.3 Å². The van der Waals surface area contributed by atoms with Crippen molar-refractivity contribution in [3.05, 3.63) is 33.8 Å². The van der Waals surface area contributed by atoms with Crippen molar-refractivity contribution in [2.24, 2.45) is 0 Å². The van der Waals surface area contributed by atoms with E-state index in [0.717, 1.165) is 26.1 Å². The molecule has 1 rings (SSSR count). The van der Waals surface area contributed by atoms with E-state index in [1.807, 2.05) is 0 Å². The van der Waals surface area contributed by atoms with Gasteiger partial charge >= 0.3 is 0 Å². The number of hydrogen-bond acceptors (Lipinski definition) is 2. The first-order valence-electron chi connectivity index (χ1n) is 5.18. The molecule has 0 spiro atoms. The maximum absolute atomic E-state index is 4.98. The number of hydrogen-bond donors (Lipinski definition) is 1. The number of nitrogens with one attached hydrogen (secondary N) is 1. The van der Waals surface area contributed by atoms with Gasteiger partial charge in [-0.1, -0.05) is 28.1 Å². The van der Waals surface area contributed by atoms with Crippen molar-refractivity contribution in [3.63, 3.8) is 0 Å². The highest BCUT2D eigenvalue weighted by Crippen LogP contribution is 2.17. The van der Waals surface area contributed by atoms with Crippen molar-refractivity contribution in [1.29, 1.82) is 0 Å². The predicted octanol–water partition coefficient (Wildman–Crippen LogP) is 2.88. The minimum Gasteiger partial charge on any atom is -0.385 e. The summed E-state index contributed by atoms with van der Waals surface area (Å²) in [6.45, 7) is 4.82. The number of benzene rings is 1. The molecule has 0 saturated carbocycles. The molecule has 0 aliphatic rings. The highest BCUT2D eigenvalue weighted by atomic mass is 79.9. The Morgan fingerprint density at radius 3 is 2.87 bits per heavy atom. The Labute approximate surface area is 100 Å². The van der Waals surface area contributed by atoms with Crippen LogP contribution in [0.2, 0.25) is 0 Å². The molecule has 0 amide bonds. The fourth-order valence-electron chi connectivity index (χ4n) is 1.36. The topological polar surface area (TPSA) is 21.3 Å². The van der Waals surface area contributed by atoms with Crippen molar-refractivity contribution in [2.45, 2.75) is 19.9 Å². The first-order valence-corrected chi connectivity index (χ1v) is 5.98. The van der Waals surface area contributed by atoms with Crippen LogP contribution in [0, 0.1) is 6.92 Å². The molecule has 3 heteroatoms. The van der Waals surface area contributed by atoms with E-state index in [9.17, 15) is 0 Å². The molecule has 0 atom stereocenters. The minimum atomic E-state index is 0.821. The van der Waals surface area contributed by atoms with Gasteiger partial charge in [0.1, 0.15) is 0 Å². The quantitative estimate of drug-likeness (QED) is 0.804. The molecule has 0 aliphatic carbocycles. The molecule has 0 bridgehead atoms. The summed E-state index contributed by atoms with van der Waals surface area (Å²) in [4.78, 5) is 0. The lowest BCUT2D eigenvalue weighted by atomic mass is 10.1. The second-order valence-electron chi connectivity index (χ2n) is 3.62. The van der Waals surface area contributed by atoms with E-state index >= 15 is 0 Å². The lowest BCUT2D eigenvalue weighted by Crippen LogP contribution is -2.16. The summed E-state index contributed by atoms with van der Waals surface area (Å²) in [7, 11) is 1.73. The monoisotopic (exact) mass is 271 g/mol. The third kappa shape index (κ3) is 4.78. The smallest absolute Gasteiger partial charge is 0.0474 e. The molecule has 15 heavy (non-hydrogen) atoms. The van der Waals surface area contributed by atoms with Crippen LogP contribution >= 0.6 is 15.9 Å². The fourth-order valence-corrected chi connectivity index (χ4v) is 1.99. The van der Waals surface area contributed by atoms with Gasteiger partial charge in [-0.25, -0.2) is 0 Å². The number of halogens is 1. The highest BCUT2D eigenvalue weighted by Gasteiger charge is 1.98. The fraction of sp³-hybridized carbons (Fsp3) is 0.500. The van der Waals surface area contributed by atoms with Crippen LogP contribution in [0.1, 0.15) is 17.5 Å². The van der Waals surface area contributed by atoms with E-state index in [-0.39, 0.29) is 0 Å². The Bertz CT molecular complexity index is 302. The summed E-state index contributed by atoms with van der Waals surface area (Å²) < 4.78 is 6.17. The molecule has 0 aromatic heterocycles. The van der Waals surface area contributed by atoms with E-state index in [1.165, 1.54) is 15.6 Å². The van der Waals surface area contributed by atoms with Gasteiger partial charge < -0.3 is 10.1 Å². The van der Waals surface area contributed by atoms with E-state index in [1.54, 1.807) is 7.11 Å². The molecule has 2 nitrogen and oxygen atoms in total. The Balaban J connectivity index is 2.31. The maximum Gasteiger partial charge on any atom is 0.0474 e. The third-order valence-corrected chi connectivity index (χ3v) is 2.96. The van der Waals surface area contributed by atoms with Gasteiger partial charge in [0, 0.05) is 24.7 Å². The summed E-state index contributed by atoms with van der Waals surface area (Å²) in [6, 6.07) is 6.44. The van der Waals surface area contributed by atoms with E-state index in [2.05, 4.69) is 46.4 Å². The lowest BCUT2D eigenvalue weighted by Gasteiger charge is -2.07. The van der Waals surface area contributed by atoms with E-state index in [0.29, 0.717) is 0 Å². The van der Waals surface area contributed by atoms with Gasteiger partial charge in [0.25, 0.3) is 0 Å². The van der Waals surface area contributed by atoms with Crippen LogP contribution in [0.25, 0.3) is 0 Å². The summed E-state index contributed by atoms with van der Waals surface area (Å²) >= 11 is 3.57. The van der Waals surface area contributed by atoms with E-state index < -0.39 is 0 Å². The second-order valence-corrected chi connectivity index (χ2v) is 4.47. The van der Waals surface area contributed by atoms with Crippen LogP contribution in [0.3, 0.4) is 0 Å².